The molecule has 1 unspecified atom stereocenters. The van der Waals surface area contributed by atoms with Crippen LogP contribution in [-0.4, -0.2) is 27.4 Å². The van der Waals surface area contributed by atoms with Crippen LogP contribution in [0.2, 0.25) is 0 Å². The fraction of sp³-hybridized carbons (Fsp3) is 0.818. The first-order chi connectivity index (χ1) is 7.31. The lowest BCUT2D eigenvalue weighted by molar-refractivity contribution is 0.484. The molecule has 0 saturated heterocycles. The Labute approximate surface area is 91.1 Å². The average molecular weight is 208 g/mol. The maximum absolute atomic E-state index is 4.29. The topological polar surface area (TPSA) is 42.7 Å². The number of hydrogen-bond donors (Lipinski definition) is 1. The molecule has 1 N–H and O–H groups in total. The summed E-state index contributed by atoms with van der Waals surface area (Å²) in [5, 5.41) is 12.0. The summed E-state index contributed by atoms with van der Waals surface area (Å²) in [7, 11) is 0. The number of nitrogens with zero attached hydrogens (tertiary/aromatic N) is 3. The summed E-state index contributed by atoms with van der Waals surface area (Å²) in [4.78, 5) is 0. The average Bonchev–Trinajstić information content (AvgIpc) is 2.62. The highest BCUT2D eigenvalue weighted by molar-refractivity contribution is 5.00. The lowest BCUT2D eigenvalue weighted by Gasteiger charge is -2.16. The molecule has 0 fully saturated rings. The van der Waals surface area contributed by atoms with Crippen LogP contribution in [0.15, 0.2) is 0 Å². The highest BCUT2D eigenvalue weighted by Gasteiger charge is 2.16. The summed E-state index contributed by atoms with van der Waals surface area (Å²) in [6, 6.07) is 0.491. The first-order valence-corrected chi connectivity index (χ1v) is 5.95. The largest absolute Gasteiger partial charge is 0.315 e. The standard InChI is InChI=1S/C11H20N4/c1-3-12-9(2)8-11-14-13-10-6-4-5-7-15(10)11/h9,12H,3-8H2,1-2H3. The second-order valence-corrected chi connectivity index (χ2v) is 4.30. The van der Waals surface area contributed by atoms with Crippen LogP contribution in [0.25, 0.3) is 0 Å². The molecule has 4 nitrogen and oxygen atoms in total. The second kappa shape index (κ2) is 4.75. The van der Waals surface area contributed by atoms with Gasteiger partial charge in [0.2, 0.25) is 0 Å². The molecule has 1 aliphatic rings. The number of aryl methyl sites for hydroxylation is 1. The Morgan fingerprint density at radius 3 is 3.07 bits per heavy atom. The maximum atomic E-state index is 4.29. The van der Waals surface area contributed by atoms with E-state index in [-0.39, 0.29) is 0 Å². The van der Waals surface area contributed by atoms with Gasteiger partial charge in [0.25, 0.3) is 0 Å². The van der Waals surface area contributed by atoms with Crippen molar-refractivity contribution in [2.75, 3.05) is 6.54 Å². The first-order valence-electron chi connectivity index (χ1n) is 5.95. The van der Waals surface area contributed by atoms with Gasteiger partial charge in [-0.15, -0.1) is 10.2 Å². The Hall–Kier alpha value is -0.900. The van der Waals surface area contributed by atoms with Crippen LogP contribution < -0.4 is 5.32 Å². The minimum Gasteiger partial charge on any atom is -0.315 e. The molecular weight excluding hydrogens is 188 g/mol. The summed E-state index contributed by atoms with van der Waals surface area (Å²) >= 11 is 0. The lowest BCUT2D eigenvalue weighted by Crippen LogP contribution is -2.29. The van der Waals surface area contributed by atoms with Crippen molar-refractivity contribution in [2.24, 2.45) is 0 Å². The molecule has 0 aromatic carbocycles. The van der Waals surface area contributed by atoms with Gasteiger partial charge >= 0.3 is 0 Å². The number of nitrogens with one attached hydrogen (secondary N) is 1. The summed E-state index contributed by atoms with van der Waals surface area (Å²) < 4.78 is 2.30. The van der Waals surface area contributed by atoms with Gasteiger partial charge < -0.3 is 9.88 Å². The molecule has 15 heavy (non-hydrogen) atoms. The van der Waals surface area contributed by atoms with Crippen LogP contribution in [0, 0.1) is 0 Å². The summed E-state index contributed by atoms with van der Waals surface area (Å²) in [6.07, 6.45) is 4.62. The maximum Gasteiger partial charge on any atom is 0.134 e. The predicted molar refractivity (Wildman–Crippen MR) is 59.8 cm³/mol. The van der Waals surface area contributed by atoms with Gasteiger partial charge in [-0.05, 0) is 26.3 Å². The van der Waals surface area contributed by atoms with Crippen LogP contribution in [-0.2, 0) is 19.4 Å². The van der Waals surface area contributed by atoms with Crippen molar-refractivity contribution in [3.63, 3.8) is 0 Å². The van der Waals surface area contributed by atoms with Crippen LogP contribution in [0.3, 0.4) is 0 Å². The van der Waals surface area contributed by atoms with Gasteiger partial charge in [0.05, 0.1) is 0 Å². The van der Waals surface area contributed by atoms with Crippen molar-refractivity contribution in [2.45, 2.75) is 52.1 Å². The molecule has 2 heterocycles. The normalized spacial score (nSPS) is 17.5. The van der Waals surface area contributed by atoms with Crippen LogP contribution in [0.5, 0.6) is 0 Å². The number of fused-ring (bicyclic) bond motifs is 1. The summed E-state index contributed by atoms with van der Waals surface area (Å²) in [5.41, 5.74) is 0. The Balaban J connectivity index is 2.05. The lowest BCUT2D eigenvalue weighted by atomic mass is 10.1. The number of rotatable bonds is 4. The molecule has 1 atom stereocenters. The molecule has 0 radical (unpaired) electrons. The van der Waals surface area contributed by atoms with Crippen molar-refractivity contribution in [1.82, 2.24) is 20.1 Å². The number of hydrogen-bond acceptors (Lipinski definition) is 3. The SMILES string of the molecule is CCNC(C)Cc1nnc2n1CCCC2. The monoisotopic (exact) mass is 208 g/mol. The fourth-order valence-corrected chi connectivity index (χ4v) is 2.21. The Bertz CT molecular complexity index is 318. The second-order valence-electron chi connectivity index (χ2n) is 4.30. The van der Waals surface area contributed by atoms with E-state index in [4.69, 9.17) is 0 Å². The van der Waals surface area contributed by atoms with Crippen molar-refractivity contribution in [3.8, 4) is 0 Å². The van der Waals surface area contributed by atoms with Crippen LogP contribution in [0.4, 0.5) is 0 Å². The molecule has 84 valence electrons. The molecule has 1 aromatic rings. The number of likely N-dealkylation sites (N-methyl/N-ethyl adjacent to an activating group) is 1. The zero-order valence-electron chi connectivity index (χ0n) is 9.66. The van der Waals surface area contributed by atoms with E-state index in [1.54, 1.807) is 0 Å². The van der Waals surface area contributed by atoms with Gasteiger partial charge in [-0.2, -0.15) is 0 Å². The van der Waals surface area contributed by atoms with E-state index >= 15 is 0 Å². The third kappa shape index (κ3) is 2.37. The molecule has 4 heteroatoms. The summed E-state index contributed by atoms with van der Waals surface area (Å²) in [6.45, 7) is 6.46. The van der Waals surface area contributed by atoms with E-state index in [9.17, 15) is 0 Å². The van der Waals surface area contributed by atoms with Gasteiger partial charge in [-0.25, -0.2) is 0 Å². The Kier molecular flexibility index (Phi) is 3.36. The molecule has 1 aromatic heterocycles. The van der Waals surface area contributed by atoms with Gasteiger partial charge in [-0.3, -0.25) is 0 Å². The predicted octanol–water partition coefficient (Wildman–Crippen LogP) is 1.15. The fourth-order valence-electron chi connectivity index (χ4n) is 2.21. The Morgan fingerprint density at radius 1 is 1.40 bits per heavy atom. The van der Waals surface area contributed by atoms with Gasteiger partial charge in [0.1, 0.15) is 11.6 Å². The van der Waals surface area contributed by atoms with Gasteiger partial charge in [-0.1, -0.05) is 6.92 Å². The van der Waals surface area contributed by atoms with Crippen molar-refractivity contribution in [3.05, 3.63) is 11.6 Å². The zero-order chi connectivity index (χ0) is 10.7. The minimum absolute atomic E-state index is 0.491. The number of aromatic nitrogens is 3. The third-order valence-electron chi connectivity index (χ3n) is 2.98. The zero-order valence-corrected chi connectivity index (χ0v) is 9.66. The summed E-state index contributed by atoms with van der Waals surface area (Å²) in [5.74, 6) is 2.33. The van der Waals surface area contributed by atoms with Crippen molar-refractivity contribution < 1.29 is 0 Å². The smallest absolute Gasteiger partial charge is 0.134 e. The Morgan fingerprint density at radius 2 is 2.27 bits per heavy atom. The quantitative estimate of drug-likeness (QED) is 0.807. The van der Waals surface area contributed by atoms with E-state index in [1.165, 1.54) is 18.7 Å². The molecule has 0 bridgehead atoms. The van der Waals surface area contributed by atoms with E-state index in [1.807, 2.05) is 0 Å². The molecule has 1 aliphatic heterocycles. The molecule has 0 saturated carbocycles. The first kappa shape index (κ1) is 10.6. The molecule has 0 aliphatic carbocycles. The van der Waals surface area contributed by atoms with Gasteiger partial charge in [0, 0.05) is 25.4 Å². The van der Waals surface area contributed by atoms with E-state index in [0.717, 1.165) is 31.8 Å². The highest BCUT2D eigenvalue weighted by atomic mass is 15.3. The van der Waals surface area contributed by atoms with Gasteiger partial charge in [0.15, 0.2) is 0 Å². The molecule has 0 amide bonds. The van der Waals surface area contributed by atoms with Crippen molar-refractivity contribution >= 4 is 0 Å². The molecular formula is C11H20N4. The molecule has 2 rings (SSSR count). The van der Waals surface area contributed by atoms with E-state index in [0.29, 0.717) is 6.04 Å². The van der Waals surface area contributed by atoms with Crippen LogP contribution in [0.1, 0.15) is 38.3 Å². The van der Waals surface area contributed by atoms with E-state index in [2.05, 4.69) is 33.9 Å². The van der Waals surface area contributed by atoms with E-state index < -0.39 is 0 Å². The minimum atomic E-state index is 0.491. The third-order valence-corrected chi connectivity index (χ3v) is 2.98. The van der Waals surface area contributed by atoms with Crippen LogP contribution >= 0.6 is 0 Å². The van der Waals surface area contributed by atoms with Crippen molar-refractivity contribution in [1.29, 1.82) is 0 Å². The highest BCUT2D eigenvalue weighted by Crippen LogP contribution is 2.14. The molecule has 0 spiro atoms.